The average Bonchev–Trinajstić information content (AvgIpc) is 3.47. The van der Waals surface area contributed by atoms with Gasteiger partial charge in [0.25, 0.3) is 11.6 Å². The number of ether oxygens (including phenoxy) is 2. The Morgan fingerprint density at radius 2 is 2.00 bits per heavy atom. The molecule has 1 fully saturated rings. The zero-order chi connectivity index (χ0) is 23.5. The summed E-state index contributed by atoms with van der Waals surface area (Å²) in [5.41, 5.74) is 2.01. The first kappa shape index (κ1) is 23.1. The Balaban J connectivity index is 1.61. The lowest BCUT2D eigenvalue weighted by atomic mass is 10.0. The molecule has 10 heteroatoms. The Labute approximate surface area is 199 Å². The van der Waals surface area contributed by atoms with E-state index in [1.54, 1.807) is 31.3 Å². The second kappa shape index (κ2) is 9.80. The van der Waals surface area contributed by atoms with Gasteiger partial charge in [-0.2, -0.15) is 0 Å². The molecule has 1 saturated heterocycles. The van der Waals surface area contributed by atoms with E-state index in [-0.39, 0.29) is 17.6 Å². The van der Waals surface area contributed by atoms with E-state index in [0.29, 0.717) is 28.5 Å². The molecular weight excluding hydrogens is 462 g/mol. The van der Waals surface area contributed by atoms with Gasteiger partial charge >= 0.3 is 0 Å². The van der Waals surface area contributed by atoms with E-state index < -0.39 is 4.92 Å². The normalized spacial score (nSPS) is 15.5. The lowest BCUT2D eigenvalue weighted by Gasteiger charge is -2.26. The molecule has 172 valence electrons. The smallest absolute Gasteiger partial charge is 0.284 e. The summed E-state index contributed by atoms with van der Waals surface area (Å²) in [6.07, 6.45) is 1.66. The summed E-state index contributed by atoms with van der Waals surface area (Å²) in [6.45, 7) is 2.46. The maximum Gasteiger partial charge on any atom is 0.284 e. The second-order valence-electron chi connectivity index (χ2n) is 7.57. The standard InChI is InChI=1S/C23H23N3O5S2/c1-14-13-32-23(24-14)33-21-9-7-16(11-18(21)26(28)29)22(27)25-10-4-5-17(25)15-6-8-19(30-2)20(12-15)31-3/h6-9,11-13,17H,4-5,10H2,1-3H3/t17-/m1/s1. The van der Waals surface area contributed by atoms with Gasteiger partial charge in [0.05, 0.1) is 30.1 Å². The molecule has 1 aliphatic heterocycles. The van der Waals surface area contributed by atoms with Crippen LogP contribution in [0.2, 0.25) is 0 Å². The van der Waals surface area contributed by atoms with Crippen molar-refractivity contribution in [2.75, 3.05) is 20.8 Å². The molecule has 0 bridgehead atoms. The highest BCUT2D eigenvalue weighted by molar-refractivity contribution is 8.01. The summed E-state index contributed by atoms with van der Waals surface area (Å²) in [5, 5.41) is 13.7. The number of carbonyl (C=O) groups excluding carboxylic acids is 1. The highest BCUT2D eigenvalue weighted by Crippen LogP contribution is 2.40. The van der Waals surface area contributed by atoms with Crippen molar-refractivity contribution in [3.8, 4) is 11.5 Å². The number of likely N-dealkylation sites (tertiary alicyclic amines) is 1. The van der Waals surface area contributed by atoms with E-state index >= 15 is 0 Å². The topological polar surface area (TPSA) is 94.8 Å². The van der Waals surface area contributed by atoms with Gasteiger partial charge in [0.1, 0.15) is 0 Å². The second-order valence-corrected chi connectivity index (χ2v) is 9.71. The van der Waals surface area contributed by atoms with Crippen molar-refractivity contribution in [2.45, 2.75) is 35.0 Å². The third-order valence-electron chi connectivity index (χ3n) is 5.50. The Morgan fingerprint density at radius 3 is 2.67 bits per heavy atom. The van der Waals surface area contributed by atoms with Crippen molar-refractivity contribution < 1.29 is 19.2 Å². The lowest BCUT2D eigenvalue weighted by Crippen LogP contribution is -2.30. The minimum atomic E-state index is -0.449. The first-order valence-corrected chi connectivity index (χ1v) is 12.0. The van der Waals surface area contributed by atoms with Crippen molar-refractivity contribution in [3.05, 3.63) is 68.7 Å². The Bertz CT molecular complexity index is 1200. The summed E-state index contributed by atoms with van der Waals surface area (Å²) < 4.78 is 11.5. The van der Waals surface area contributed by atoms with Crippen LogP contribution in [-0.2, 0) is 0 Å². The van der Waals surface area contributed by atoms with Gasteiger partial charge in [-0.15, -0.1) is 11.3 Å². The number of hydrogen-bond acceptors (Lipinski definition) is 8. The zero-order valence-corrected chi connectivity index (χ0v) is 20.1. The van der Waals surface area contributed by atoms with Gasteiger partial charge in [-0.05, 0) is 49.6 Å². The first-order chi connectivity index (χ1) is 15.9. The van der Waals surface area contributed by atoms with Crippen molar-refractivity contribution in [2.24, 2.45) is 0 Å². The molecule has 1 aliphatic rings. The van der Waals surface area contributed by atoms with Gasteiger partial charge < -0.3 is 14.4 Å². The molecule has 1 aromatic heterocycles. The van der Waals surface area contributed by atoms with Crippen molar-refractivity contribution in [1.82, 2.24) is 9.88 Å². The molecule has 4 rings (SSSR count). The molecule has 3 aromatic rings. The molecule has 33 heavy (non-hydrogen) atoms. The molecule has 1 amide bonds. The monoisotopic (exact) mass is 485 g/mol. The van der Waals surface area contributed by atoms with Crippen LogP contribution in [0.4, 0.5) is 5.69 Å². The predicted molar refractivity (Wildman–Crippen MR) is 127 cm³/mol. The largest absolute Gasteiger partial charge is 0.493 e. The van der Waals surface area contributed by atoms with Crippen LogP contribution in [-0.4, -0.2) is 41.5 Å². The van der Waals surface area contributed by atoms with Gasteiger partial charge in [-0.3, -0.25) is 14.9 Å². The van der Waals surface area contributed by atoms with Crippen LogP contribution < -0.4 is 9.47 Å². The molecule has 0 aliphatic carbocycles. The number of aromatic nitrogens is 1. The number of benzene rings is 2. The Kier molecular flexibility index (Phi) is 6.85. The average molecular weight is 486 g/mol. The Morgan fingerprint density at radius 1 is 1.21 bits per heavy atom. The Hall–Kier alpha value is -3.11. The van der Waals surface area contributed by atoms with Gasteiger partial charge in [-0.25, -0.2) is 4.98 Å². The van der Waals surface area contributed by atoms with Crippen molar-refractivity contribution in [1.29, 1.82) is 0 Å². The number of methoxy groups -OCH3 is 2. The van der Waals surface area contributed by atoms with Gasteiger partial charge in [-0.1, -0.05) is 17.8 Å². The highest BCUT2D eigenvalue weighted by Gasteiger charge is 2.32. The number of rotatable bonds is 7. The minimum absolute atomic E-state index is 0.0967. The molecular formula is C23H23N3O5S2. The number of thiazole rings is 1. The van der Waals surface area contributed by atoms with Crippen LogP contribution >= 0.6 is 23.1 Å². The van der Waals surface area contributed by atoms with Crippen LogP contribution in [0.15, 0.2) is 51.0 Å². The van der Waals surface area contributed by atoms with Gasteiger partial charge in [0.15, 0.2) is 15.8 Å². The summed E-state index contributed by atoms with van der Waals surface area (Å²) in [4.78, 5) is 31.3. The summed E-state index contributed by atoms with van der Waals surface area (Å²) in [5.74, 6) is 0.997. The van der Waals surface area contributed by atoms with Gasteiger partial charge in [0.2, 0.25) is 0 Å². The third-order valence-corrected chi connectivity index (χ3v) is 7.63. The lowest BCUT2D eigenvalue weighted by molar-refractivity contribution is -0.387. The molecule has 0 N–H and O–H groups in total. The fourth-order valence-corrected chi connectivity index (χ4v) is 5.81. The van der Waals surface area contributed by atoms with Crippen LogP contribution in [0.25, 0.3) is 0 Å². The quantitative estimate of drug-likeness (QED) is 0.322. The van der Waals surface area contributed by atoms with E-state index in [2.05, 4.69) is 4.98 Å². The third kappa shape index (κ3) is 4.81. The number of hydrogen-bond donors (Lipinski definition) is 0. The highest BCUT2D eigenvalue weighted by atomic mass is 32.2. The van der Waals surface area contributed by atoms with Gasteiger partial charge in [0, 0.05) is 29.2 Å². The van der Waals surface area contributed by atoms with Crippen LogP contribution in [0.5, 0.6) is 11.5 Å². The van der Waals surface area contributed by atoms with Crippen LogP contribution in [0.1, 0.15) is 40.5 Å². The van der Waals surface area contributed by atoms with E-state index in [1.165, 1.54) is 29.2 Å². The molecule has 0 spiro atoms. The maximum atomic E-state index is 13.4. The van der Waals surface area contributed by atoms with Crippen LogP contribution in [0.3, 0.4) is 0 Å². The SMILES string of the molecule is COc1ccc([C@H]2CCCN2C(=O)c2ccc(Sc3nc(C)cs3)c([N+](=O)[O-])c2)cc1OC. The number of nitro groups is 1. The predicted octanol–water partition coefficient (Wildman–Crippen LogP) is 5.51. The van der Waals surface area contributed by atoms with Crippen molar-refractivity contribution >= 4 is 34.7 Å². The molecule has 2 aromatic carbocycles. The number of nitrogens with zero attached hydrogens (tertiary/aromatic N) is 3. The number of amides is 1. The van der Waals surface area contributed by atoms with Crippen molar-refractivity contribution in [3.63, 3.8) is 0 Å². The number of carbonyl (C=O) groups is 1. The summed E-state index contributed by atoms with van der Waals surface area (Å²) >= 11 is 2.67. The molecule has 2 heterocycles. The molecule has 0 saturated carbocycles. The fraction of sp³-hybridized carbons (Fsp3) is 0.304. The number of aryl methyl sites for hydroxylation is 1. The molecule has 0 radical (unpaired) electrons. The van der Waals surface area contributed by atoms with Crippen LogP contribution in [0, 0.1) is 17.0 Å². The van der Waals surface area contributed by atoms with E-state index in [1.807, 2.05) is 30.5 Å². The number of nitro benzene ring substituents is 1. The van der Waals surface area contributed by atoms with E-state index in [4.69, 9.17) is 9.47 Å². The molecule has 0 unspecified atom stereocenters. The summed E-state index contributed by atoms with van der Waals surface area (Å²) in [7, 11) is 3.15. The molecule has 1 atom stereocenters. The maximum absolute atomic E-state index is 13.4. The van der Waals surface area contributed by atoms with E-state index in [9.17, 15) is 14.9 Å². The van der Waals surface area contributed by atoms with E-state index in [0.717, 1.165) is 28.4 Å². The zero-order valence-electron chi connectivity index (χ0n) is 18.4. The fourth-order valence-electron chi connectivity index (χ4n) is 3.93. The first-order valence-electron chi connectivity index (χ1n) is 10.3. The summed E-state index contributed by atoms with van der Waals surface area (Å²) in [6, 6.07) is 10.2. The molecule has 8 nitrogen and oxygen atoms in total. The minimum Gasteiger partial charge on any atom is -0.493 e.